The van der Waals surface area contributed by atoms with Crippen molar-refractivity contribution < 1.29 is 23.0 Å². The number of hydrogen-bond donors (Lipinski definition) is 1. The van der Waals surface area contributed by atoms with Gasteiger partial charge in [-0.05, 0) is 30.7 Å². The Labute approximate surface area is 186 Å². The SMILES string of the molecule is C=C(c1ccc(=O)[nH]c1)c1cc2c(c(-c3cc(Cl)c(F)cc3F)n1)OC[C@]2(C)C(=O)OC. The van der Waals surface area contributed by atoms with Gasteiger partial charge in [0.1, 0.15) is 35.1 Å². The molecule has 0 fully saturated rings. The summed E-state index contributed by atoms with van der Waals surface area (Å²) >= 11 is 5.89. The Balaban J connectivity index is 1.98. The third-order valence-electron chi connectivity index (χ3n) is 5.42. The first-order valence-corrected chi connectivity index (χ1v) is 9.83. The van der Waals surface area contributed by atoms with Crippen LogP contribution in [0.4, 0.5) is 8.78 Å². The minimum Gasteiger partial charge on any atom is -0.489 e. The van der Waals surface area contributed by atoms with Crippen LogP contribution in [0.2, 0.25) is 5.02 Å². The summed E-state index contributed by atoms with van der Waals surface area (Å²) in [6.07, 6.45) is 1.46. The molecule has 2 aromatic heterocycles. The Bertz CT molecular complexity index is 1320. The van der Waals surface area contributed by atoms with Crippen molar-refractivity contribution in [1.82, 2.24) is 9.97 Å². The zero-order valence-corrected chi connectivity index (χ0v) is 17.8. The van der Waals surface area contributed by atoms with Crippen molar-refractivity contribution >= 4 is 23.1 Å². The molecular weight excluding hydrogens is 442 g/mol. The fourth-order valence-corrected chi connectivity index (χ4v) is 3.73. The van der Waals surface area contributed by atoms with E-state index >= 15 is 0 Å². The summed E-state index contributed by atoms with van der Waals surface area (Å²) < 4.78 is 39.2. The molecule has 1 aliphatic heterocycles. The van der Waals surface area contributed by atoms with Crippen LogP contribution in [-0.4, -0.2) is 29.7 Å². The van der Waals surface area contributed by atoms with E-state index in [1.807, 2.05) is 0 Å². The number of esters is 1. The lowest BCUT2D eigenvalue weighted by atomic mass is 9.83. The molecule has 4 rings (SSSR count). The number of ether oxygens (including phenoxy) is 2. The molecule has 1 atom stereocenters. The molecule has 3 heterocycles. The van der Waals surface area contributed by atoms with E-state index < -0.39 is 23.0 Å². The standard InChI is InChI=1S/C23H17ClF2N2O4/c1-11(12-4-5-19(29)27-9-12)18-7-14-21(32-10-23(14,2)22(30)31-3)20(28-18)13-6-15(24)17(26)8-16(13)25/h4-9H,1,10H2,2-3H3,(H,27,29)/t23-/m0/s1. The van der Waals surface area contributed by atoms with Gasteiger partial charge in [0.05, 0.1) is 17.8 Å². The van der Waals surface area contributed by atoms with Crippen LogP contribution in [0.25, 0.3) is 16.8 Å². The van der Waals surface area contributed by atoms with Crippen molar-refractivity contribution in [2.75, 3.05) is 13.7 Å². The van der Waals surface area contributed by atoms with E-state index in [0.29, 0.717) is 28.5 Å². The number of fused-ring (bicyclic) bond motifs is 1. The van der Waals surface area contributed by atoms with Gasteiger partial charge in [-0.25, -0.2) is 13.8 Å². The van der Waals surface area contributed by atoms with Crippen LogP contribution in [0.3, 0.4) is 0 Å². The topological polar surface area (TPSA) is 81.3 Å². The summed E-state index contributed by atoms with van der Waals surface area (Å²) in [5.41, 5.74) is 0.118. The number of H-pyrrole nitrogens is 1. The van der Waals surface area contributed by atoms with E-state index in [4.69, 9.17) is 21.1 Å². The predicted molar refractivity (Wildman–Crippen MR) is 115 cm³/mol. The van der Waals surface area contributed by atoms with Crippen LogP contribution in [-0.2, 0) is 14.9 Å². The molecule has 0 amide bonds. The molecule has 0 spiro atoms. The molecule has 6 nitrogen and oxygen atoms in total. The number of carbonyl (C=O) groups is 1. The quantitative estimate of drug-likeness (QED) is 0.467. The van der Waals surface area contributed by atoms with Gasteiger partial charge in [0, 0.05) is 35.0 Å². The molecule has 0 saturated carbocycles. The largest absolute Gasteiger partial charge is 0.489 e. The summed E-state index contributed by atoms with van der Waals surface area (Å²) in [6.45, 7) is 5.60. The molecule has 32 heavy (non-hydrogen) atoms. The monoisotopic (exact) mass is 458 g/mol. The van der Waals surface area contributed by atoms with E-state index in [1.165, 1.54) is 19.4 Å². The lowest BCUT2D eigenvalue weighted by Crippen LogP contribution is -2.35. The summed E-state index contributed by atoms with van der Waals surface area (Å²) in [5.74, 6) is -2.20. The molecule has 1 aliphatic rings. The molecule has 1 aromatic carbocycles. The normalized spacial score (nSPS) is 16.9. The van der Waals surface area contributed by atoms with Crippen LogP contribution < -0.4 is 10.3 Å². The van der Waals surface area contributed by atoms with Gasteiger partial charge in [0.15, 0.2) is 0 Å². The highest BCUT2D eigenvalue weighted by Crippen LogP contribution is 2.46. The van der Waals surface area contributed by atoms with Crippen molar-refractivity contribution in [1.29, 1.82) is 0 Å². The number of halogens is 3. The average Bonchev–Trinajstić information content (AvgIpc) is 3.13. The predicted octanol–water partition coefficient (Wildman–Crippen LogP) is 4.25. The molecule has 3 aromatic rings. The number of methoxy groups -OCH3 is 1. The van der Waals surface area contributed by atoms with Gasteiger partial charge in [-0.3, -0.25) is 9.59 Å². The fraction of sp³-hybridized carbons (Fsp3) is 0.174. The molecule has 0 radical (unpaired) electrons. The average molecular weight is 459 g/mol. The number of aromatic amines is 1. The zero-order chi connectivity index (χ0) is 23.2. The first kappa shape index (κ1) is 21.7. The zero-order valence-electron chi connectivity index (χ0n) is 17.1. The highest BCUT2D eigenvalue weighted by molar-refractivity contribution is 6.31. The highest BCUT2D eigenvalue weighted by Gasteiger charge is 2.46. The molecular formula is C23H17ClF2N2O4. The smallest absolute Gasteiger partial charge is 0.319 e. The Kier molecular flexibility index (Phi) is 5.34. The van der Waals surface area contributed by atoms with Crippen LogP contribution in [0, 0.1) is 11.6 Å². The second kappa shape index (κ2) is 7.87. The van der Waals surface area contributed by atoms with Gasteiger partial charge in [-0.1, -0.05) is 18.2 Å². The van der Waals surface area contributed by atoms with Crippen molar-refractivity contribution in [3.63, 3.8) is 0 Å². The number of benzene rings is 1. The second-order valence-corrected chi connectivity index (χ2v) is 7.92. The van der Waals surface area contributed by atoms with Gasteiger partial charge < -0.3 is 14.5 Å². The van der Waals surface area contributed by atoms with E-state index in [9.17, 15) is 18.4 Å². The molecule has 0 saturated heterocycles. The Morgan fingerprint density at radius 1 is 1.28 bits per heavy atom. The van der Waals surface area contributed by atoms with Crippen molar-refractivity contribution in [2.45, 2.75) is 12.3 Å². The van der Waals surface area contributed by atoms with Crippen LogP contribution in [0.5, 0.6) is 5.75 Å². The first-order chi connectivity index (χ1) is 15.2. The van der Waals surface area contributed by atoms with Crippen molar-refractivity contribution in [3.8, 4) is 17.0 Å². The Morgan fingerprint density at radius 2 is 2.03 bits per heavy atom. The highest BCUT2D eigenvalue weighted by atomic mass is 35.5. The summed E-state index contributed by atoms with van der Waals surface area (Å²) in [7, 11) is 1.26. The van der Waals surface area contributed by atoms with Gasteiger partial charge in [-0.2, -0.15) is 0 Å². The molecule has 164 valence electrons. The lowest BCUT2D eigenvalue weighted by Gasteiger charge is -2.20. The van der Waals surface area contributed by atoms with Crippen LogP contribution >= 0.6 is 11.6 Å². The summed E-state index contributed by atoms with van der Waals surface area (Å²) in [4.78, 5) is 31.0. The summed E-state index contributed by atoms with van der Waals surface area (Å²) in [6, 6.07) is 6.26. The van der Waals surface area contributed by atoms with E-state index in [-0.39, 0.29) is 34.2 Å². The Morgan fingerprint density at radius 3 is 2.69 bits per heavy atom. The van der Waals surface area contributed by atoms with Crippen molar-refractivity contribution in [2.24, 2.45) is 0 Å². The maximum atomic E-state index is 14.8. The minimum atomic E-state index is -1.19. The number of hydrogen-bond acceptors (Lipinski definition) is 5. The molecule has 9 heteroatoms. The van der Waals surface area contributed by atoms with Crippen LogP contribution in [0.15, 0.2) is 47.9 Å². The molecule has 0 bridgehead atoms. The van der Waals surface area contributed by atoms with Gasteiger partial charge in [0.2, 0.25) is 5.56 Å². The van der Waals surface area contributed by atoms with E-state index in [1.54, 1.807) is 19.1 Å². The molecule has 1 N–H and O–H groups in total. The maximum Gasteiger partial charge on any atom is 0.319 e. The number of carbonyl (C=O) groups excluding carboxylic acids is 1. The molecule has 0 unspecified atom stereocenters. The third kappa shape index (κ3) is 3.46. The fourth-order valence-electron chi connectivity index (χ4n) is 3.57. The number of rotatable bonds is 4. The van der Waals surface area contributed by atoms with Crippen LogP contribution in [0.1, 0.15) is 23.7 Å². The first-order valence-electron chi connectivity index (χ1n) is 9.45. The van der Waals surface area contributed by atoms with Crippen molar-refractivity contribution in [3.05, 3.63) is 86.9 Å². The number of aromatic nitrogens is 2. The number of nitrogens with zero attached hydrogens (tertiary/aromatic N) is 1. The van der Waals surface area contributed by atoms with Gasteiger partial charge in [-0.15, -0.1) is 0 Å². The van der Waals surface area contributed by atoms with Gasteiger partial charge >= 0.3 is 5.97 Å². The van der Waals surface area contributed by atoms with E-state index in [0.717, 1.165) is 6.07 Å². The maximum absolute atomic E-state index is 14.8. The number of nitrogens with one attached hydrogen (secondary N) is 1. The van der Waals surface area contributed by atoms with E-state index in [2.05, 4.69) is 16.5 Å². The third-order valence-corrected chi connectivity index (χ3v) is 5.71. The number of pyridine rings is 2. The second-order valence-electron chi connectivity index (χ2n) is 7.51. The lowest BCUT2D eigenvalue weighted by molar-refractivity contribution is -0.147. The Hall–Kier alpha value is -3.52. The van der Waals surface area contributed by atoms with Gasteiger partial charge in [0.25, 0.3) is 0 Å². The molecule has 0 aliphatic carbocycles. The minimum absolute atomic E-state index is 0.0371. The summed E-state index contributed by atoms with van der Waals surface area (Å²) in [5, 5.41) is -0.296.